The van der Waals surface area contributed by atoms with E-state index in [1.807, 2.05) is 7.05 Å². The Balaban J connectivity index is 0.00000288. The van der Waals surface area contributed by atoms with E-state index in [4.69, 9.17) is 0 Å². The largest absolute Gasteiger partial charge is 0.352 e. The summed E-state index contributed by atoms with van der Waals surface area (Å²) in [7, 11) is 7.77. The molecule has 1 heterocycles. The van der Waals surface area contributed by atoms with E-state index >= 15 is 0 Å². The molecule has 1 aromatic carbocycles. The van der Waals surface area contributed by atoms with Crippen LogP contribution in [0.25, 0.3) is 0 Å². The SMILES string of the molecule is CN=C(NCc1ccc(CN(C)C)cc1)NCc1ncnn1C.I. The van der Waals surface area contributed by atoms with Crippen molar-refractivity contribution in [2.45, 2.75) is 19.6 Å². The molecule has 8 heteroatoms. The molecule has 0 amide bonds. The topological polar surface area (TPSA) is 70.4 Å². The third-order valence-electron chi connectivity index (χ3n) is 3.42. The molecule has 7 nitrogen and oxygen atoms in total. The quantitative estimate of drug-likeness (QED) is 0.401. The first kappa shape index (κ1) is 20.4. The Hall–Kier alpha value is -1.68. The van der Waals surface area contributed by atoms with Crippen molar-refractivity contribution in [3.63, 3.8) is 0 Å². The van der Waals surface area contributed by atoms with E-state index in [-0.39, 0.29) is 24.0 Å². The summed E-state index contributed by atoms with van der Waals surface area (Å²) in [5, 5.41) is 10.6. The Morgan fingerprint density at radius 2 is 1.75 bits per heavy atom. The predicted molar refractivity (Wildman–Crippen MR) is 107 cm³/mol. The zero-order valence-electron chi connectivity index (χ0n) is 14.7. The van der Waals surface area contributed by atoms with Crippen LogP contribution in [0.1, 0.15) is 17.0 Å². The predicted octanol–water partition coefficient (Wildman–Crippen LogP) is 1.36. The second-order valence-corrected chi connectivity index (χ2v) is 5.63. The van der Waals surface area contributed by atoms with E-state index in [2.05, 4.69) is 69.0 Å². The number of halogens is 1. The Kier molecular flexibility index (Phi) is 8.69. The van der Waals surface area contributed by atoms with Crippen molar-refractivity contribution < 1.29 is 0 Å². The van der Waals surface area contributed by atoms with Crippen LogP contribution in [0, 0.1) is 0 Å². The number of nitrogens with zero attached hydrogens (tertiary/aromatic N) is 5. The maximum Gasteiger partial charge on any atom is 0.191 e. The molecule has 24 heavy (non-hydrogen) atoms. The van der Waals surface area contributed by atoms with Crippen molar-refractivity contribution in [1.82, 2.24) is 30.3 Å². The molecule has 0 spiro atoms. The first-order valence-corrected chi connectivity index (χ1v) is 7.58. The molecular formula is C16H26IN7. The molecule has 0 aliphatic rings. The number of aryl methyl sites for hydroxylation is 1. The summed E-state index contributed by atoms with van der Waals surface area (Å²) in [6.07, 6.45) is 1.54. The summed E-state index contributed by atoms with van der Waals surface area (Å²) < 4.78 is 1.74. The number of rotatable bonds is 6. The maximum atomic E-state index is 4.22. The van der Waals surface area contributed by atoms with Gasteiger partial charge in [0.2, 0.25) is 0 Å². The standard InChI is InChI=1S/C16H25N7.HI/c1-17-16(19-10-15-20-12-21-23(15)4)18-9-13-5-7-14(8-6-13)11-22(2)3;/h5-8,12H,9-11H2,1-4H3,(H2,17,18,19);1H. The zero-order chi connectivity index (χ0) is 16.7. The molecule has 2 aromatic rings. The Morgan fingerprint density at radius 1 is 1.12 bits per heavy atom. The van der Waals surface area contributed by atoms with Gasteiger partial charge in [0, 0.05) is 27.2 Å². The van der Waals surface area contributed by atoms with Crippen LogP contribution < -0.4 is 10.6 Å². The third kappa shape index (κ3) is 6.44. The van der Waals surface area contributed by atoms with Gasteiger partial charge < -0.3 is 15.5 Å². The number of hydrogen-bond acceptors (Lipinski definition) is 4. The summed E-state index contributed by atoms with van der Waals surface area (Å²) in [5.74, 6) is 1.60. The minimum atomic E-state index is 0. The monoisotopic (exact) mass is 443 g/mol. The molecule has 0 aliphatic carbocycles. The number of benzene rings is 1. The number of hydrogen-bond donors (Lipinski definition) is 2. The van der Waals surface area contributed by atoms with Gasteiger partial charge in [-0.05, 0) is 25.2 Å². The molecule has 0 aliphatic heterocycles. The molecular weight excluding hydrogens is 417 g/mol. The number of nitrogens with one attached hydrogen (secondary N) is 2. The Labute approximate surface area is 160 Å². The normalized spacial score (nSPS) is 11.3. The molecule has 0 saturated heterocycles. The van der Waals surface area contributed by atoms with Crippen LogP contribution in [0.15, 0.2) is 35.6 Å². The summed E-state index contributed by atoms with van der Waals surface area (Å²) in [6, 6.07) is 8.60. The lowest BCUT2D eigenvalue weighted by molar-refractivity contribution is 0.402. The average molecular weight is 443 g/mol. The summed E-state index contributed by atoms with van der Waals surface area (Å²) in [6.45, 7) is 2.26. The van der Waals surface area contributed by atoms with Crippen LogP contribution >= 0.6 is 24.0 Å². The van der Waals surface area contributed by atoms with Gasteiger partial charge in [0.1, 0.15) is 12.2 Å². The highest BCUT2D eigenvalue weighted by Gasteiger charge is 2.03. The fraction of sp³-hybridized carbons (Fsp3) is 0.438. The van der Waals surface area contributed by atoms with Crippen LogP contribution in [0.5, 0.6) is 0 Å². The molecule has 0 atom stereocenters. The van der Waals surface area contributed by atoms with Crippen LogP contribution in [0.4, 0.5) is 0 Å². The van der Waals surface area contributed by atoms with Gasteiger partial charge in [-0.25, -0.2) is 4.98 Å². The highest BCUT2D eigenvalue weighted by molar-refractivity contribution is 14.0. The van der Waals surface area contributed by atoms with Gasteiger partial charge in [-0.3, -0.25) is 9.67 Å². The zero-order valence-corrected chi connectivity index (χ0v) is 17.0. The van der Waals surface area contributed by atoms with Crippen LogP contribution in [-0.4, -0.2) is 46.8 Å². The van der Waals surface area contributed by atoms with Crippen molar-refractivity contribution in [2.75, 3.05) is 21.1 Å². The second-order valence-electron chi connectivity index (χ2n) is 5.63. The van der Waals surface area contributed by atoms with Crippen molar-refractivity contribution >= 4 is 29.9 Å². The van der Waals surface area contributed by atoms with Crippen LogP contribution in [-0.2, 0) is 26.7 Å². The second kappa shape index (κ2) is 10.2. The highest BCUT2D eigenvalue weighted by atomic mass is 127. The summed E-state index contributed by atoms with van der Waals surface area (Å²) in [4.78, 5) is 10.6. The number of aromatic nitrogens is 3. The Bertz CT molecular complexity index is 634. The molecule has 1 aromatic heterocycles. The number of guanidine groups is 1. The van der Waals surface area contributed by atoms with Gasteiger partial charge in [0.15, 0.2) is 5.96 Å². The lowest BCUT2D eigenvalue weighted by Crippen LogP contribution is -2.36. The van der Waals surface area contributed by atoms with Crippen molar-refractivity contribution in [3.8, 4) is 0 Å². The van der Waals surface area contributed by atoms with Crippen molar-refractivity contribution in [3.05, 3.63) is 47.5 Å². The molecule has 2 N–H and O–H groups in total. The van der Waals surface area contributed by atoms with Crippen molar-refractivity contribution in [1.29, 1.82) is 0 Å². The van der Waals surface area contributed by atoms with Gasteiger partial charge in [0.05, 0.1) is 6.54 Å². The van der Waals surface area contributed by atoms with Gasteiger partial charge in [0.25, 0.3) is 0 Å². The van der Waals surface area contributed by atoms with Gasteiger partial charge in [-0.2, -0.15) is 5.10 Å². The van der Waals surface area contributed by atoms with E-state index in [9.17, 15) is 0 Å². The van der Waals surface area contributed by atoms with E-state index < -0.39 is 0 Å². The molecule has 0 bridgehead atoms. The first-order chi connectivity index (χ1) is 11.1. The molecule has 0 fully saturated rings. The smallest absolute Gasteiger partial charge is 0.191 e. The van der Waals surface area contributed by atoms with E-state index in [0.717, 1.165) is 24.9 Å². The van der Waals surface area contributed by atoms with Gasteiger partial charge >= 0.3 is 0 Å². The average Bonchev–Trinajstić information content (AvgIpc) is 2.94. The summed E-state index contributed by atoms with van der Waals surface area (Å²) >= 11 is 0. The lowest BCUT2D eigenvalue weighted by Gasteiger charge is -2.13. The highest BCUT2D eigenvalue weighted by Crippen LogP contribution is 2.06. The number of aliphatic imine (C=N–C) groups is 1. The van der Waals surface area contributed by atoms with Gasteiger partial charge in [-0.1, -0.05) is 24.3 Å². The van der Waals surface area contributed by atoms with Crippen molar-refractivity contribution in [2.24, 2.45) is 12.0 Å². The first-order valence-electron chi connectivity index (χ1n) is 7.58. The van der Waals surface area contributed by atoms with E-state index in [1.54, 1.807) is 18.1 Å². The minimum absolute atomic E-state index is 0. The van der Waals surface area contributed by atoms with E-state index in [1.165, 1.54) is 11.1 Å². The maximum absolute atomic E-state index is 4.22. The van der Waals surface area contributed by atoms with Crippen LogP contribution in [0.2, 0.25) is 0 Å². The fourth-order valence-corrected chi connectivity index (χ4v) is 2.18. The minimum Gasteiger partial charge on any atom is -0.352 e. The molecule has 0 radical (unpaired) electrons. The lowest BCUT2D eigenvalue weighted by atomic mass is 10.1. The molecule has 0 unspecified atom stereocenters. The van der Waals surface area contributed by atoms with Gasteiger partial charge in [-0.15, -0.1) is 24.0 Å². The molecule has 2 rings (SSSR count). The fourth-order valence-electron chi connectivity index (χ4n) is 2.18. The van der Waals surface area contributed by atoms with Crippen LogP contribution in [0.3, 0.4) is 0 Å². The molecule has 0 saturated carbocycles. The molecule has 132 valence electrons. The Morgan fingerprint density at radius 3 is 2.29 bits per heavy atom. The van der Waals surface area contributed by atoms with E-state index in [0.29, 0.717) is 6.54 Å². The summed E-state index contributed by atoms with van der Waals surface area (Å²) in [5.41, 5.74) is 2.53. The third-order valence-corrected chi connectivity index (χ3v) is 3.42.